The first-order chi connectivity index (χ1) is 5.25. The fourth-order valence-corrected chi connectivity index (χ4v) is 1.65. The van der Waals surface area contributed by atoms with Crippen molar-refractivity contribution in [2.24, 2.45) is 11.8 Å². The molecule has 2 heteroatoms. The second kappa shape index (κ2) is 3.65. The minimum Gasteiger partial charge on any atom is -0.303 e. The van der Waals surface area contributed by atoms with Gasteiger partial charge in [-0.15, -0.1) is 0 Å². The Hall–Kier alpha value is -0.660. The van der Waals surface area contributed by atoms with Gasteiger partial charge >= 0.3 is 0 Å². The van der Waals surface area contributed by atoms with E-state index < -0.39 is 0 Å². The summed E-state index contributed by atoms with van der Waals surface area (Å²) in [6.07, 6.45) is 5.05. The third-order valence-corrected chi connectivity index (χ3v) is 2.41. The Balaban J connectivity index is 2.45. The van der Waals surface area contributed by atoms with Crippen molar-refractivity contribution in [1.82, 2.24) is 0 Å². The Kier molecular flexibility index (Phi) is 2.80. The molecule has 0 aliphatic heterocycles. The first-order valence-corrected chi connectivity index (χ1v) is 4.24. The molecule has 0 aromatic carbocycles. The average Bonchev–Trinajstić information content (AvgIpc) is 2.53. The first-order valence-electron chi connectivity index (χ1n) is 4.24. The van der Waals surface area contributed by atoms with Gasteiger partial charge in [-0.3, -0.25) is 4.79 Å². The highest BCUT2D eigenvalue weighted by molar-refractivity contribution is 5.94. The third kappa shape index (κ3) is 1.88. The topological polar surface area (TPSA) is 34.1 Å². The molecule has 0 heterocycles. The van der Waals surface area contributed by atoms with Crippen LogP contribution in [0.5, 0.6) is 0 Å². The van der Waals surface area contributed by atoms with E-state index in [0.29, 0.717) is 0 Å². The lowest BCUT2D eigenvalue weighted by molar-refractivity contribution is -0.129. The molecule has 1 fully saturated rings. The number of hydrogen-bond acceptors (Lipinski definition) is 2. The van der Waals surface area contributed by atoms with E-state index in [1.807, 2.05) is 0 Å². The van der Waals surface area contributed by atoms with Gasteiger partial charge in [-0.25, -0.2) is 0 Å². The molecule has 0 N–H and O–H groups in total. The Morgan fingerprint density at radius 2 is 2.00 bits per heavy atom. The summed E-state index contributed by atoms with van der Waals surface area (Å²) < 4.78 is 0. The summed E-state index contributed by atoms with van der Waals surface area (Å²) in [6, 6.07) is 0. The highest BCUT2D eigenvalue weighted by Crippen LogP contribution is 2.27. The molecule has 1 aliphatic rings. The average molecular weight is 154 g/mol. The van der Waals surface area contributed by atoms with Crippen molar-refractivity contribution >= 4 is 12.1 Å². The van der Waals surface area contributed by atoms with Crippen LogP contribution < -0.4 is 0 Å². The maximum absolute atomic E-state index is 11.3. The third-order valence-electron chi connectivity index (χ3n) is 2.41. The Morgan fingerprint density at radius 1 is 1.45 bits per heavy atom. The summed E-state index contributed by atoms with van der Waals surface area (Å²) in [6.45, 7) is 1.69. The summed E-state index contributed by atoms with van der Waals surface area (Å²) in [5.74, 6) is -0.0363. The lowest BCUT2D eigenvalue weighted by Crippen LogP contribution is -2.20. The fourth-order valence-electron chi connectivity index (χ4n) is 1.65. The van der Waals surface area contributed by atoms with Crippen molar-refractivity contribution in [2.75, 3.05) is 0 Å². The summed E-state index contributed by atoms with van der Waals surface area (Å²) in [4.78, 5) is 21.6. The molecule has 0 aromatic rings. The highest BCUT2D eigenvalue weighted by Gasteiger charge is 2.25. The molecule has 0 saturated heterocycles. The van der Waals surface area contributed by atoms with Crippen LogP contribution in [0, 0.1) is 11.8 Å². The standard InChI is InChI=1S/C9H14O2/c1-7(6-10)9(11)8-4-2-3-5-8/h6-8H,2-5H2,1H3. The molecule has 2 nitrogen and oxygen atoms in total. The molecule has 1 saturated carbocycles. The van der Waals surface area contributed by atoms with Crippen LogP contribution in [0.15, 0.2) is 0 Å². The normalized spacial score (nSPS) is 21.5. The number of ketones is 1. The molecule has 0 spiro atoms. The van der Waals surface area contributed by atoms with Crippen LogP contribution in [-0.4, -0.2) is 12.1 Å². The van der Waals surface area contributed by atoms with Crippen molar-refractivity contribution in [3.63, 3.8) is 0 Å². The predicted molar refractivity (Wildman–Crippen MR) is 42.2 cm³/mol. The summed E-state index contributed by atoms with van der Waals surface area (Å²) in [7, 11) is 0. The van der Waals surface area contributed by atoms with Crippen molar-refractivity contribution in [2.45, 2.75) is 32.6 Å². The van der Waals surface area contributed by atoms with Gasteiger partial charge in [0.1, 0.15) is 12.1 Å². The minimum absolute atomic E-state index is 0.150. The number of rotatable bonds is 3. The van der Waals surface area contributed by atoms with E-state index in [1.54, 1.807) is 6.92 Å². The Morgan fingerprint density at radius 3 is 2.45 bits per heavy atom. The molecule has 1 aliphatic carbocycles. The largest absolute Gasteiger partial charge is 0.303 e. The summed E-state index contributed by atoms with van der Waals surface area (Å²) in [5, 5.41) is 0. The van der Waals surface area contributed by atoms with Crippen molar-refractivity contribution in [1.29, 1.82) is 0 Å². The van der Waals surface area contributed by atoms with E-state index in [1.165, 1.54) is 0 Å². The second-order valence-corrected chi connectivity index (χ2v) is 3.31. The van der Waals surface area contributed by atoms with Gasteiger partial charge in [0.2, 0.25) is 0 Å². The lowest BCUT2D eigenvalue weighted by atomic mass is 9.94. The van der Waals surface area contributed by atoms with Gasteiger partial charge < -0.3 is 4.79 Å². The molecule has 0 amide bonds. The van der Waals surface area contributed by atoms with Crippen LogP contribution in [0.2, 0.25) is 0 Å². The van der Waals surface area contributed by atoms with Gasteiger partial charge in [-0.2, -0.15) is 0 Å². The van der Waals surface area contributed by atoms with E-state index in [9.17, 15) is 9.59 Å². The van der Waals surface area contributed by atoms with E-state index in [4.69, 9.17) is 0 Å². The number of hydrogen-bond donors (Lipinski definition) is 0. The molecular formula is C9H14O2. The lowest BCUT2D eigenvalue weighted by Gasteiger charge is -2.08. The van der Waals surface area contributed by atoms with Crippen LogP contribution >= 0.6 is 0 Å². The Bertz CT molecular complexity index is 157. The molecular weight excluding hydrogens is 140 g/mol. The first kappa shape index (κ1) is 8.44. The molecule has 0 radical (unpaired) electrons. The quantitative estimate of drug-likeness (QED) is 0.457. The predicted octanol–water partition coefficient (Wildman–Crippen LogP) is 1.58. The number of aldehydes is 1. The smallest absolute Gasteiger partial charge is 0.145 e. The van der Waals surface area contributed by atoms with Gasteiger partial charge in [-0.05, 0) is 19.8 Å². The Labute approximate surface area is 67.0 Å². The van der Waals surface area contributed by atoms with Gasteiger partial charge in [0, 0.05) is 5.92 Å². The molecule has 11 heavy (non-hydrogen) atoms. The molecule has 62 valence electrons. The monoisotopic (exact) mass is 154 g/mol. The van der Waals surface area contributed by atoms with Gasteiger partial charge in [0.15, 0.2) is 0 Å². The van der Waals surface area contributed by atoms with Gasteiger partial charge in [0.25, 0.3) is 0 Å². The van der Waals surface area contributed by atoms with Crippen molar-refractivity contribution in [3.05, 3.63) is 0 Å². The van der Waals surface area contributed by atoms with E-state index in [2.05, 4.69) is 0 Å². The van der Waals surface area contributed by atoms with Crippen LogP contribution in [-0.2, 0) is 9.59 Å². The van der Waals surface area contributed by atoms with Gasteiger partial charge in [0.05, 0.1) is 5.92 Å². The molecule has 0 aromatic heterocycles. The number of carbonyl (C=O) groups excluding carboxylic acids is 2. The van der Waals surface area contributed by atoms with Crippen LogP contribution in [0.3, 0.4) is 0 Å². The number of Topliss-reactive ketones (excluding diaryl/α,β-unsaturated/α-hetero) is 1. The van der Waals surface area contributed by atoms with Crippen molar-refractivity contribution < 1.29 is 9.59 Å². The van der Waals surface area contributed by atoms with Crippen LogP contribution in [0.1, 0.15) is 32.6 Å². The van der Waals surface area contributed by atoms with Crippen LogP contribution in [0.25, 0.3) is 0 Å². The minimum atomic E-state index is -0.377. The molecule has 0 bridgehead atoms. The molecule has 1 unspecified atom stereocenters. The zero-order valence-electron chi connectivity index (χ0n) is 6.88. The maximum atomic E-state index is 11.3. The fraction of sp³-hybridized carbons (Fsp3) is 0.778. The molecule has 1 rings (SSSR count). The van der Waals surface area contributed by atoms with Crippen molar-refractivity contribution in [3.8, 4) is 0 Å². The highest BCUT2D eigenvalue weighted by atomic mass is 16.1. The van der Waals surface area contributed by atoms with E-state index in [0.717, 1.165) is 32.0 Å². The zero-order valence-corrected chi connectivity index (χ0v) is 6.88. The van der Waals surface area contributed by atoms with Gasteiger partial charge in [-0.1, -0.05) is 12.8 Å². The summed E-state index contributed by atoms with van der Waals surface area (Å²) in [5.41, 5.74) is 0. The number of carbonyl (C=O) groups is 2. The van der Waals surface area contributed by atoms with Crippen LogP contribution in [0.4, 0.5) is 0 Å². The van der Waals surface area contributed by atoms with E-state index in [-0.39, 0.29) is 17.6 Å². The SMILES string of the molecule is CC(C=O)C(=O)C1CCCC1. The zero-order chi connectivity index (χ0) is 8.27. The maximum Gasteiger partial charge on any atom is 0.145 e. The molecule has 1 atom stereocenters. The summed E-state index contributed by atoms with van der Waals surface area (Å²) >= 11 is 0. The van der Waals surface area contributed by atoms with E-state index >= 15 is 0 Å². The second-order valence-electron chi connectivity index (χ2n) is 3.31.